The summed E-state index contributed by atoms with van der Waals surface area (Å²) < 4.78 is 16.9. The third kappa shape index (κ3) is 3.87. The first-order valence-electron chi connectivity index (χ1n) is 9.43. The Morgan fingerprint density at radius 2 is 2.11 bits per heavy atom. The van der Waals surface area contributed by atoms with E-state index in [0.717, 1.165) is 24.2 Å². The fraction of sp³-hybridized carbons (Fsp3) is 0.364. The van der Waals surface area contributed by atoms with Crippen LogP contribution in [0.25, 0.3) is 22.6 Å². The van der Waals surface area contributed by atoms with E-state index in [1.54, 1.807) is 19.2 Å². The van der Waals surface area contributed by atoms with Crippen LogP contribution in [0.1, 0.15) is 37.0 Å². The Morgan fingerprint density at radius 1 is 1.25 bits per heavy atom. The van der Waals surface area contributed by atoms with Crippen LogP contribution in [-0.4, -0.2) is 36.3 Å². The van der Waals surface area contributed by atoms with Gasteiger partial charge in [0, 0.05) is 23.8 Å². The molecule has 0 spiro atoms. The molecule has 4 rings (SSSR count). The molecule has 1 fully saturated rings. The highest BCUT2D eigenvalue weighted by molar-refractivity contribution is 5.97. The number of methoxy groups -OCH3 is 1. The summed E-state index contributed by atoms with van der Waals surface area (Å²) in [4.78, 5) is 17.2. The molecule has 1 atom stereocenters. The lowest BCUT2D eigenvalue weighted by molar-refractivity contribution is -0.0615. The minimum atomic E-state index is -0.212. The number of nitrogens with one attached hydrogen (secondary N) is 1. The first-order valence-corrected chi connectivity index (χ1v) is 9.43. The summed E-state index contributed by atoms with van der Waals surface area (Å²) in [6.07, 6.45) is 1.61. The SMILES string of the molecule is COc1cccc(-c2nc3ccc(C(=O)N[C@@H]4CCOC(C)(C)C4)cc3o2)c1. The van der Waals surface area contributed by atoms with Gasteiger partial charge in [-0.05, 0) is 63.1 Å². The molecule has 0 saturated carbocycles. The Hall–Kier alpha value is -2.86. The molecule has 28 heavy (non-hydrogen) atoms. The minimum Gasteiger partial charge on any atom is -0.497 e. The smallest absolute Gasteiger partial charge is 0.251 e. The van der Waals surface area contributed by atoms with Gasteiger partial charge >= 0.3 is 0 Å². The van der Waals surface area contributed by atoms with Crippen LogP contribution >= 0.6 is 0 Å². The van der Waals surface area contributed by atoms with E-state index in [9.17, 15) is 4.79 Å². The topological polar surface area (TPSA) is 73.6 Å². The molecule has 146 valence electrons. The first kappa shape index (κ1) is 18.5. The van der Waals surface area contributed by atoms with Gasteiger partial charge in [0.15, 0.2) is 5.58 Å². The molecule has 1 N–H and O–H groups in total. The monoisotopic (exact) mass is 380 g/mol. The van der Waals surface area contributed by atoms with Crippen molar-refractivity contribution < 1.29 is 18.7 Å². The molecule has 2 heterocycles. The standard InChI is InChI=1S/C22H24N2O4/c1-22(2)13-16(9-10-27-22)23-20(25)14-7-8-18-19(12-14)28-21(24-18)15-5-4-6-17(11-15)26-3/h4-8,11-12,16H,9-10,13H2,1-3H3,(H,23,25)/t16-/m1/s1. The van der Waals surface area contributed by atoms with Crippen LogP contribution in [0, 0.1) is 0 Å². The summed E-state index contributed by atoms with van der Waals surface area (Å²) in [5.74, 6) is 1.13. The maximum atomic E-state index is 12.7. The van der Waals surface area contributed by atoms with Crippen molar-refractivity contribution >= 4 is 17.0 Å². The summed E-state index contributed by atoms with van der Waals surface area (Å²) in [6.45, 7) is 4.75. The zero-order chi connectivity index (χ0) is 19.7. The van der Waals surface area contributed by atoms with Gasteiger partial charge < -0.3 is 19.2 Å². The number of aromatic nitrogens is 1. The third-order valence-corrected chi connectivity index (χ3v) is 5.00. The second-order valence-electron chi connectivity index (χ2n) is 7.70. The Morgan fingerprint density at radius 3 is 2.89 bits per heavy atom. The molecule has 6 nitrogen and oxygen atoms in total. The second-order valence-corrected chi connectivity index (χ2v) is 7.70. The predicted molar refractivity (Wildman–Crippen MR) is 107 cm³/mol. The van der Waals surface area contributed by atoms with Crippen molar-refractivity contribution in [2.24, 2.45) is 0 Å². The van der Waals surface area contributed by atoms with Gasteiger partial charge in [0.2, 0.25) is 5.89 Å². The number of ether oxygens (including phenoxy) is 2. The van der Waals surface area contributed by atoms with E-state index in [1.807, 2.05) is 44.2 Å². The van der Waals surface area contributed by atoms with Crippen molar-refractivity contribution in [3.05, 3.63) is 48.0 Å². The second kappa shape index (κ2) is 7.28. The van der Waals surface area contributed by atoms with Gasteiger partial charge in [0.25, 0.3) is 5.91 Å². The lowest BCUT2D eigenvalue weighted by Crippen LogP contribution is -2.45. The average molecular weight is 380 g/mol. The molecule has 0 radical (unpaired) electrons. The number of oxazole rings is 1. The van der Waals surface area contributed by atoms with Crippen molar-refractivity contribution in [3.8, 4) is 17.2 Å². The molecule has 3 aromatic rings. The summed E-state index contributed by atoms with van der Waals surface area (Å²) in [5.41, 5.74) is 2.46. The summed E-state index contributed by atoms with van der Waals surface area (Å²) >= 11 is 0. The third-order valence-electron chi connectivity index (χ3n) is 5.00. The molecule has 1 saturated heterocycles. The number of hydrogen-bond donors (Lipinski definition) is 1. The number of benzene rings is 2. The van der Waals surface area contributed by atoms with Gasteiger partial charge in [0.05, 0.1) is 12.7 Å². The molecule has 6 heteroatoms. The normalized spacial score (nSPS) is 18.8. The Labute approximate surface area is 163 Å². The van der Waals surface area contributed by atoms with Crippen molar-refractivity contribution in [1.29, 1.82) is 0 Å². The molecule has 0 unspecified atom stereocenters. The highest BCUT2D eigenvalue weighted by Crippen LogP contribution is 2.28. The molecule has 0 aliphatic carbocycles. The van der Waals surface area contributed by atoms with Crippen molar-refractivity contribution in [1.82, 2.24) is 10.3 Å². The average Bonchev–Trinajstić information content (AvgIpc) is 3.10. The van der Waals surface area contributed by atoms with Crippen LogP contribution < -0.4 is 10.1 Å². The Bertz CT molecular complexity index is 1010. The fourth-order valence-corrected chi connectivity index (χ4v) is 3.57. The highest BCUT2D eigenvalue weighted by Gasteiger charge is 2.29. The summed E-state index contributed by atoms with van der Waals surface area (Å²) in [5, 5.41) is 3.11. The number of hydrogen-bond acceptors (Lipinski definition) is 5. The molecule has 1 amide bonds. The molecular weight excluding hydrogens is 356 g/mol. The lowest BCUT2D eigenvalue weighted by Gasteiger charge is -2.35. The van der Waals surface area contributed by atoms with Crippen molar-refractivity contribution in [2.75, 3.05) is 13.7 Å². The number of carbonyl (C=O) groups excluding carboxylic acids is 1. The van der Waals surface area contributed by atoms with E-state index in [0.29, 0.717) is 29.2 Å². The van der Waals surface area contributed by atoms with Crippen LogP contribution in [0.3, 0.4) is 0 Å². The van der Waals surface area contributed by atoms with Crippen LogP contribution in [0.4, 0.5) is 0 Å². The van der Waals surface area contributed by atoms with E-state index in [4.69, 9.17) is 13.9 Å². The first-order chi connectivity index (χ1) is 13.4. The van der Waals surface area contributed by atoms with Crippen LogP contribution in [0.5, 0.6) is 5.75 Å². The highest BCUT2D eigenvalue weighted by atomic mass is 16.5. The van der Waals surface area contributed by atoms with E-state index >= 15 is 0 Å². The number of fused-ring (bicyclic) bond motifs is 1. The lowest BCUT2D eigenvalue weighted by atomic mass is 9.94. The van der Waals surface area contributed by atoms with Gasteiger partial charge in [0.1, 0.15) is 11.3 Å². The van der Waals surface area contributed by atoms with Crippen molar-refractivity contribution in [2.45, 2.75) is 38.3 Å². The quantitative estimate of drug-likeness (QED) is 0.735. The van der Waals surface area contributed by atoms with Gasteiger partial charge in [-0.25, -0.2) is 4.98 Å². The zero-order valence-corrected chi connectivity index (χ0v) is 16.3. The number of nitrogens with zero attached hydrogens (tertiary/aromatic N) is 1. The van der Waals surface area contributed by atoms with Gasteiger partial charge in [-0.1, -0.05) is 6.07 Å². The summed E-state index contributed by atoms with van der Waals surface area (Å²) in [7, 11) is 1.62. The maximum absolute atomic E-state index is 12.7. The van der Waals surface area contributed by atoms with Crippen molar-refractivity contribution in [3.63, 3.8) is 0 Å². The Balaban J connectivity index is 1.55. The van der Waals surface area contributed by atoms with Crippen LogP contribution in [0.15, 0.2) is 46.9 Å². The zero-order valence-electron chi connectivity index (χ0n) is 16.3. The summed E-state index contributed by atoms with van der Waals surface area (Å²) in [6, 6.07) is 13.0. The Kier molecular flexibility index (Phi) is 4.81. The van der Waals surface area contributed by atoms with E-state index in [2.05, 4.69) is 10.3 Å². The van der Waals surface area contributed by atoms with E-state index < -0.39 is 0 Å². The molecule has 2 aromatic carbocycles. The van der Waals surface area contributed by atoms with Gasteiger partial charge in [-0.15, -0.1) is 0 Å². The maximum Gasteiger partial charge on any atom is 0.251 e. The minimum absolute atomic E-state index is 0.106. The van der Waals surface area contributed by atoms with Gasteiger partial charge in [-0.3, -0.25) is 4.79 Å². The van der Waals surface area contributed by atoms with Crippen LogP contribution in [0.2, 0.25) is 0 Å². The largest absolute Gasteiger partial charge is 0.497 e. The van der Waals surface area contributed by atoms with Gasteiger partial charge in [-0.2, -0.15) is 0 Å². The van der Waals surface area contributed by atoms with E-state index in [-0.39, 0.29) is 17.6 Å². The van der Waals surface area contributed by atoms with Crippen LogP contribution in [-0.2, 0) is 4.74 Å². The molecular formula is C22H24N2O4. The number of amides is 1. The molecule has 1 aliphatic heterocycles. The van der Waals surface area contributed by atoms with E-state index in [1.165, 1.54) is 0 Å². The predicted octanol–water partition coefficient (Wildman–Crippen LogP) is 4.19. The fourth-order valence-electron chi connectivity index (χ4n) is 3.57. The molecule has 0 bridgehead atoms. The molecule has 1 aromatic heterocycles. The number of carbonyl (C=O) groups is 1. The molecule has 1 aliphatic rings. The number of rotatable bonds is 4.